The Hall–Kier alpha value is -2.19. The van der Waals surface area contributed by atoms with Crippen LogP contribution in [0.3, 0.4) is 0 Å². The van der Waals surface area contributed by atoms with Gasteiger partial charge in [0, 0.05) is 11.0 Å². The van der Waals surface area contributed by atoms with E-state index in [1.807, 2.05) is 30.5 Å². The Morgan fingerprint density at radius 2 is 2.16 bits per heavy atom. The second kappa shape index (κ2) is 6.12. The fraction of sp³-hybridized carbons (Fsp3) is 0.143. The summed E-state index contributed by atoms with van der Waals surface area (Å²) >= 11 is 1.55. The summed E-state index contributed by atoms with van der Waals surface area (Å²) in [6.45, 7) is 0. The summed E-state index contributed by atoms with van der Waals surface area (Å²) in [4.78, 5) is 5.07. The Kier molecular flexibility index (Phi) is 4.26. The number of pyridine rings is 1. The third-order valence-corrected chi connectivity index (χ3v) is 3.36. The number of nitrogens with zero attached hydrogens (tertiary/aromatic N) is 2. The Balaban J connectivity index is 2.30. The predicted octanol–water partition coefficient (Wildman–Crippen LogP) is 3.43. The molecule has 0 amide bonds. The monoisotopic (exact) mass is 271 g/mol. The van der Waals surface area contributed by atoms with Gasteiger partial charge in [0.05, 0.1) is 30.2 Å². The second-order valence-electron chi connectivity index (χ2n) is 3.71. The molecule has 0 aliphatic rings. The molecule has 0 fully saturated rings. The van der Waals surface area contributed by atoms with Gasteiger partial charge >= 0.3 is 0 Å². The zero-order valence-corrected chi connectivity index (χ0v) is 11.5. The molecule has 0 radical (unpaired) electrons. The fourth-order valence-corrected chi connectivity index (χ4v) is 2.23. The third-order valence-electron chi connectivity index (χ3n) is 2.58. The van der Waals surface area contributed by atoms with Gasteiger partial charge in [-0.3, -0.25) is 0 Å². The van der Waals surface area contributed by atoms with Crippen LogP contribution in [-0.2, 0) is 0 Å². The molecule has 0 spiro atoms. The molecule has 96 valence electrons. The molecule has 0 saturated carbocycles. The van der Waals surface area contributed by atoms with Crippen molar-refractivity contribution in [3.05, 3.63) is 42.1 Å². The number of aromatic nitrogens is 1. The van der Waals surface area contributed by atoms with Gasteiger partial charge in [-0.05, 0) is 24.5 Å². The lowest BCUT2D eigenvalue weighted by atomic mass is 10.2. The van der Waals surface area contributed by atoms with Crippen molar-refractivity contribution in [3.8, 4) is 11.9 Å². The van der Waals surface area contributed by atoms with Crippen LogP contribution in [0.15, 0.2) is 41.4 Å². The van der Waals surface area contributed by atoms with E-state index in [0.717, 1.165) is 16.3 Å². The van der Waals surface area contributed by atoms with Crippen LogP contribution in [-0.4, -0.2) is 18.3 Å². The number of nitriles is 1. The average Bonchev–Trinajstić information content (AvgIpc) is 2.47. The van der Waals surface area contributed by atoms with Gasteiger partial charge in [0.1, 0.15) is 6.07 Å². The van der Waals surface area contributed by atoms with E-state index in [1.54, 1.807) is 31.1 Å². The molecule has 19 heavy (non-hydrogen) atoms. The van der Waals surface area contributed by atoms with E-state index in [4.69, 9.17) is 4.74 Å². The zero-order valence-electron chi connectivity index (χ0n) is 10.7. The normalized spacial score (nSPS) is 9.74. The molecule has 5 heteroatoms. The number of nitrogens with one attached hydrogen (secondary N) is 1. The summed E-state index contributed by atoms with van der Waals surface area (Å²) in [5.41, 5.74) is 2.24. The molecule has 0 atom stereocenters. The molecule has 2 aromatic rings. The van der Waals surface area contributed by atoms with Gasteiger partial charge < -0.3 is 10.1 Å². The standard InChI is InChI=1S/C14H13N3OS/c1-18-14-7-6-10(9-16-14)17-12-4-3-5-13(19-2)11(12)8-15/h3-7,9,17H,1-2H3. The van der Waals surface area contributed by atoms with E-state index >= 15 is 0 Å². The maximum Gasteiger partial charge on any atom is 0.213 e. The number of anilines is 2. The first-order chi connectivity index (χ1) is 9.28. The number of ether oxygens (including phenoxy) is 1. The average molecular weight is 271 g/mol. The van der Waals surface area contributed by atoms with E-state index in [0.29, 0.717) is 11.4 Å². The zero-order chi connectivity index (χ0) is 13.7. The van der Waals surface area contributed by atoms with Crippen LogP contribution in [0.5, 0.6) is 5.88 Å². The van der Waals surface area contributed by atoms with Crippen molar-refractivity contribution in [2.45, 2.75) is 4.90 Å². The van der Waals surface area contributed by atoms with Crippen LogP contribution in [0, 0.1) is 11.3 Å². The van der Waals surface area contributed by atoms with Crippen molar-refractivity contribution in [1.82, 2.24) is 4.98 Å². The molecule has 1 aromatic carbocycles. The Morgan fingerprint density at radius 3 is 2.74 bits per heavy atom. The summed E-state index contributed by atoms with van der Waals surface area (Å²) < 4.78 is 5.01. The summed E-state index contributed by atoms with van der Waals surface area (Å²) in [5.74, 6) is 0.559. The van der Waals surface area contributed by atoms with E-state index in [2.05, 4.69) is 16.4 Å². The van der Waals surface area contributed by atoms with E-state index in [1.165, 1.54) is 0 Å². The number of benzene rings is 1. The maximum absolute atomic E-state index is 9.25. The summed E-state index contributed by atoms with van der Waals surface area (Å²) in [6.07, 6.45) is 3.63. The van der Waals surface area contributed by atoms with Gasteiger partial charge in [-0.15, -0.1) is 11.8 Å². The lowest BCUT2D eigenvalue weighted by molar-refractivity contribution is 0.398. The van der Waals surface area contributed by atoms with Crippen molar-refractivity contribution in [2.24, 2.45) is 0 Å². The Bertz CT molecular complexity index is 605. The first-order valence-electron chi connectivity index (χ1n) is 5.62. The highest BCUT2D eigenvalue weighted by molar-refractivity contribution is 7.98. The summed E-state index contributed by atoms with van der Waals surface area (Å²) in [6, 6.07) is 11.6. The van der Waals surface area contributed by atoms with Crippen molar-refractivity contribution >= 4 is 23.1 Å². The van der Waals surface area contributed by atoms with Crippen molar-refractivity contribution < 1.29 is 4.74 Å². The quantitative estimate of drug-likeness (QED) is 0.863. The summed E-state index contributed by atoms with van der Waals surface area (Å²) in [7, 11) is 1.57. The second-order valence-corrected chi connectivity index (χ2v) is 4.56. The van der Waals surface area contributed by atoms with Crippen molar-refractivity contribution in [1.29, 1.82) is 5.26 Å². The van der Waals surface area contributed by atoms with Crippen molar-refractivity contribution in [3.63, 3.8) is 0 Å². The molecule has 0 bridgehead atoms. The molecule has 1 aromatic heterocycles. The van der Waals surface area contributed by atoms with Gasteiger partial charge in [-0.2, -0.15) is 5.26 Å². The van der Waals surface area contributed by atoms with Crippen molar-refractivity contribution in [2.75, 3.05) is 18.7 Å². The fourth-order valence-electron chi connectivity index (χ4n) is 1.65. The molecule has 0 aliphatic carbocycles. The highest BCUT2D eigenvalue weighted by Crippen LogP contribution is 2.28. The van der Waals surface area contributed by atoms with E-state index in [9.17, 15) is 5.26 Å². The highest BCUT2D eigenvalue weighted by atomic mass is 32.2. The van der Waals surface area contributed by atoms with Crippen LogP contribution >= 0.6 is 11.8 Å². The smallest absolute Gasteiger partial charge is 0.213 e. The molecule has 0 aliphatic heterocycles. The van der Waals surface area contributed by atoms with Crippen LogP contribution in [0.25, 0.3) is 0 Å². The molecule has 2 rings (SSSR count). The SMILES string of the molecule is COc1ccc(Nc2cccc(SC)c2C#N)cn1. The number of hydrogen-bond donors (Lipinski definition) is 1. The highest BCUT2D eigenvalue weighted by Gasteiger charge is 2.07. The van der Waals surface area contributed by atoms with E-state index in [-0.39, 0.29) is 0 Å². The topological polar surface area (TPSA) is 57.9 Å². The van der Waals surface area contributed by atoms with E-state index < -0.39 is 0 Å². The minimum atomic E-state index is 0.559. The van der Waals surface area contributed by atoms with Gasteiger partial charge in [-0.25, -0.2) is 4.98 Å². The minimum absolute atomic E-state index is 0.559. The lowest BCUT2D eigenvalue weighted by Gasteiger charge is -2.10. The lowest BCUT2D eigenvalue weighted by Crippen LogP contribution is -1.96. The van der Waals surface area contributed by atoms with Gasteiger partial charge in [0.2, 0.25) is 5.88 Å². The van der Waals surface area contributed by atoms with Gasteiger partial charge in [-0.1, -0.05) is 6.07 Å². The largest absolute Gasteiger partial charge is 0.481 e. The number of rotatable bonds is 4. The van der Waals surface area contributed by atoms with Gasteiger partial charge in [0.15, 0.2) is 0 Å². The number of hydrogen-bond acceptors (Lipinski definition) is 5. The first kappa shape index (κ1) is 13.2. The Labute approximate surface area is 116 Å². The van der Waals surface area contributed by atoms with Crippen LogP contribution < -0.4 is 10.1 Å². The molecule has 0 saturated heterocycles. The first-order valence-corrected chi connectivity index (χ1v) is 6.85. The molecular weight excluding hydrogens is 258 g/mol. The summed E-state index contributed by atoms with van der Waals surface area (Å²) in [5, 5.41) is 12.4. The minimum Gasteiger partial charge on any atom is -0.481 e. The maximum atomic E-state index is 9.25. The molecule has 0 unspecified atom stereocenters. The molecule has 4 nitrogen and oxygen atoms in total. The Morgan fingerprint density at radius 1 is 1.32 bits per heavy atom. The predicted molar refractivity (Wildman–Crippen MR) is 77.0 cm³/mol. The molecule has 1 heterocycles. The van der Waals surface area contributed by atoms with Crippen LogP contribution in [0.2, 0.25) is 0 Å². The van der Waals surface area contributed by atoms with Gasteiger partial charge in [0.25, 0.3) is 0 Å². The third kappa shape index (κ3) is 2.98. The number of methoxy groups -OCH3 is 1. The molecule has 1 N–H and O–H groups in total. The van der Waals surface area contributed by atoms with Crippen LogP contribution in [0.4, 0.5) is 11.4 Å². The van der Waals surface area contributed by atoms with Crippen LogP contribution in [0.1, 0.15) is 5.56 Å². The molecular formula is C14H13N3OS. The number of thioether (sulfide) groups is 1.